The predicted molar refractivity (Wildman–Crippen MR) is 97.0 cm³/mol. The Bertz CT molecular complexity index is 634. The van der Waals surface area contributed by atoms with Crippen molar-refractivity contribution < 1.29 is 14.3 Å². The molecule has 5 nitrogen and oxygen atoms in total. The molecule has 2 N–H and O–H groups in total. The van der Waals surface area contributed by atoms with Gasteiger partial charge in [0.25, 0.3) is 5.91 Å². The van der Waals surface area contributed by atoms with Crippen molar-refractivity contribution in [2.75, 3.05) is 40.0 Å². The quantitative estimate of drug-likeness (QED) is 0.804. The van der Waals surface area contributed by atoms with Crippen LogP contribution in [0.5, 0.6) is 5.75 Å². The van der Waals surface area contributed by atoms with Crippen molar-refractivity contribution >= 4 is 27.9 Å². The minimum Gasteiger partial charge on any atom is -0.488 e. The van der Waals surface area contributed by atoms with Crippen molar-refractivity contribution in [1.29, 1.82) is 0 Å². The highest BCUT2D eigenvalue weighted by Crippen LogP contribution is 2.30. The van der Waals surface area contributed by atoms with Crippen LogP contribution < -0.4 is 15.4 Å². The lowest BCUT2D eigenvalue weighted by Crippen LogP contribution is -2.47. The maximum atomic E-state index is 12.6. The van der Waals surface area contributed by atoms with Gasteiger partial charge in [-0.25, -0.2) is 0 Å². The molecule has 0 atom stereocenters. The van der Waals surface area contributed by atoms with Gasteiger partial charge in [-0.15, -0.1) is 0 Å². The Balaban J connectivity index is 1.66. The molecule has 1 saturated heterocycles. The standard InChI is InChI=1S/C18H23BrN2O3/c1-23-12-18(4-6-20-7-5-18)11-21-17(22)14-8-13-9-15(19)2-3-16(13)24-10-14/h2-3,8-9,20H,4-7,10-12H2,1H3,(H,21,22). The van der Waals surface area contributed by atoms with E-state index in [4.69, 9.17) is 9.47 Å². The molecule has 1 amide bonds. The third kappa shape index (κ3) is 3.99. The molecule has 2 aliphatic heterocycles. The van der Waals surface area contributed by atoms with Gasteiger partial charge in [0.15, 0.2) is 0 Å². The zero-order valence-corrected chi connectivity index (χ0v) is 15.4. The number of ether oxygens (including phenoxy) is 2. The zero-order chi connectivity index (χ0) is 17.0. The average Bonchev–Trinajstić information content (AvgIpc) is 2.60. The number of hydrogen-bond donors (Lipinski definition) is 2. The second kappa shape index (κ2) is 7.68. The van der Waals surface area contributed by atoms with Gasteiger partial charge >= 0.3 is 0 Å². The SMILES string of the molecule is COCC1(CNC(=O)C2=Cc3cc(Br)ccc3OC2)CCNCC1. The van der Waals surface area contributed by atoms with E-state index in [-0.39, 0.29) is 11.3 Å². The minimum absolute atomic E-state index is 0.0205. The maximum absolute atomic E-state index is 12.6. The van der Waals surface area contributed by atoms with Crippen LogP contribution in [0, 0.1) is 5.41 Å². The predicted octanol–water partition coefficient (Wildman–Crippen LogP) is 2.36. The summed E-state index contributed by atoms with van der Waals surface area (Å²) in [6, 6.07) is 5.80. The van der Waals surface area contributed by atoms with Gasteiger partial charge < -0.3 is 20.1 Å². The molecule has 130 valence electrons. The second-order valence-electron chi connectivity index (χ2n) is 6.51. The number of fused-ring (bicyclic) bond motifs is 1. The monoisotopic (exact) mass is 394 g/mol. The molecule has 6 heteroatoms. The first-order valence-corrected chi connectivity index (χ1v) is 9.02. The molecule has 0 saturated carbocycles. The molecule has 0 bridgehead atoms. The topological polar surface area (TPSA) is 59.6 Å². The van der Waals surface area contributed by atoms with E-state index in [9.17, 15) is 4.79 Å². The number of amides is 1. The fourth-order valence-corrected chi connectivity index (χ4v) is 3.68. The first-order chi connectivity index (χ1) is 11.6. The summed E-state index contributed by atoms with van der Waals surface area (Å²) < 4.78 is 12.1. The van der Waals surface area contributed by atoms with E-state index in [1.807, 2.05) is 24.3 Å². The molecule has 0 unspecified atom stereocenters. The lowest BCUT2D eigenvalue weighted by atomic mass is 9.79. The van der Waals surface area contributed by atoms with Crippen LogP contribution in [-0.4, -0.2) is 45.9 Å². The van der Waals surface area contributed by atoms with Crippen molar-refractivity contribution in [3.63, 3.8) is 0 Å². The number of nitrogens with one attached hydrogen (secondary N) is 2. The van der Waals surface area contributed by atoms with Crippen molar-refractivity contribution in [3.8, 4) is 5.75 Å². The van der Waals surface area contributed by atoms with E-state index in [1.165, 1.54) is 0 Å². The summed E-state index contributed by atoms with van der Waals surface area (Å²) in [6.07, 6.45) is 3.92. The summed E-state index contributed by atoms with van der Waals surface area (Å²) in [7, 11) is 1.72. The van der Waals surface area contributed by atoms with Crippen molar-refractivity contribution in [1.82, 2.24) is 10.6 Å². The van der Waals surface area contributed by atoms with Gasteiger partial charge in [-0.2, -0.15) is 0 Å². The number of hydrogen-bond acceptors (Lipinski definition) is 4. The summed E-state index contributed by atoms with van der Waals surface area (Å²) in [4.78, 5) is 12.6. The van der Waals surface area contributed by atoms with Crippen molar-refractivity contribution in [3.05, 3.63) is 33.8 Å². The van der Waals surface area contributed by atoms with Gasteiger partial charge in [-0.05, 0) is 50.2 Å². The zero-order valence-electron chi connectivity index (χ0n) is 13.9. The van der Waals surface area contributed by atoms with Gasteiger partial charge in [0.1, 0.15) is 12.4 Å². The third-order valence-electron chi connectivity index (χ3n) is 4.72. The Morgan fingerprint density at radius 2 is 2.21 bits per heavy atom. The highest BCUT2D eigenvalue weighted by Gasteiger charge is 2.33. The van der Waals surface area contributed by atoms with Crippen LogP contribution in [0.2, 0.25) is 0 Å². The van der Waals surface area contributed by atoms with E-state index in [1.54, 1.807) is 7.11 Å². The number of halogens is 1. The van der Waals surface area contributed by atoms with E-state index in [0.717, 1.165) is 41.7 Å². The number of benzene rings is 1. The fourth-order valence-electron chi connectivity index (χ4n) is 3.30. The number of carbonyl (C=O) groups is 1. The molecule has 24 heavy (non-hydrogen) atoms. The summed E-state index contributed by atoms with van der Waals surface area (Å²) >= 11 is 3.45. The van der Waals surface area contributed by atoms with Crippen LogP contribution in [0.4, 0.5) is 0 Å². The molecule has 0 aromatic heterocycles. The van der Waals surface area contributed by atoms with Crippen molar-refractivity contribution in [2.45, 2.75) is 12.8 Å². The number of piperidine rings is 1. The smallest absolute Gasteiger partial charge is 0.250 e. The Labute approximate surface area is 150 Å². The number of carbonyl (C=O) groups excluding carboxylic acids is 1. The first-order valence-electron chi connectivity index (χ1n) is 8.23. The molecule has 1 aromatic rings. The van der Waals surface area contributed by atoms with Crippen LogP contribution in [0.25, 0.3) is 6.08 Å². The number of methoxy groups -OCH3 is 1. The van der Waals surface area contributed by atoms with Gasteiger partial charge in [-0.1, -0.05) is 15.9 Å². The average molecular weight is 395 g/mol. The third-order valence-corrected chi connectivity index (χ3v) is 5.21. The highest BCUT2D eigenvalue weighted by atomic mass is 79.9. The van der Waals surface area contributed by atoms with Crippen LogP contribution >= 0.6 is 15.9 Å². The fraction of sp³-hybridized carbons (Fsp3) is 0.500. The lowest BCUT2D eigenvalue weighted by molar-refractivity contribution is -0.118. The Morgan fingerprint density at radius 3 is 2.96 bits per heavy atom. The molecule has 0 aliphatic carbocycles. The van der Waals surface area contributed by atoms with E-state index >= 15 is 0 Å². The minimum atomic E-state index is -0.0605. The van der Waals surface area contributed by atoms with Crippen LogP contribution in [0.1, 0.15) is 18.4 Å². The van der Waals surface area contributed by atoms with E-state index in [2.05, 4.69) is 26.6 Å². The van der Waals surface area contributed by atoms with Gasteiger partial charge in [0.05, 0.1) is 12.2 Å². The molecule has 1 fully saturated rings. The van der Waals surface area contributed by atoms with Crippen LogP contribution in [0.15, 0.2) is 28.2 Å². The second-order valence-corrected chi connectivity index (χ2v) is 7.42. The molecule has 0 spiro atoms. The summed E-state index contributed by atoms with van der Waals surface area (Å²) in [5.41, 5.74) is 1.60. The molecule has 1 aromatic carbocycles. The Kier molecular flexibility index (Phi) is 5.58. The van der Waals surface area contributed by atoms with Gasteiger partial charge in [0, 0.05) is 29.1 Å². The summed E-state index contributed by atoms with van der Waals surface area (Å²) in [5.74, 6) is 0.749. The summed E-state index contributed by atoms with van der Waals surface area (Å²) in [5, 5.41) is 6.45. The normalized spacial score (nSPS) is 19.0. The van der Waals surface area contributed by atoms with Crippen LogP contribution in [-0.2, 0) is 9.53 Å². The van der Waals surface area contributed by atoms with E-state index < -0.39 is 0 Å². The largest absolute Gasteiger partial charge is 0.488 e. The molecule has 3 rings (SSSR count). The first kappa shape index (κ1) is 17.5. The molecule has 2 heterocycles. The maximum Gasteiger partial charge on any atom is 0.250 e. The highest BCUT2D eigenvalue weighted by molar-refractivity contribution is 9.10. The summed E-state index contributed by atoms with van der Waals surface area (Å²) in [6.45, 7) is 3.53. The van der Waals surface area contributed by atoms with E-state index in [0.29, 0.717) is 25.3 Å². The number of rotatable bonds is 5. The molecular weight excluding hydrogens is 372 g/mol. The van der Waals surface area contributed by atoms with Crippen LogP contribution in [0.3, 0.4) is 0 Å². The van der Waals surface area contributed by atoms with Crippen molar-refractivity contribution in [2.24, 2.45) is 5.41 Å². The Morgan fingerprint density at radius 1 is 1.42 bits per heavy atom. The van der Waals surface area contributed by atoms with Gasteiger partial charge in [0.2, 0.25) is 0 Å². The van der Waals surface area contributed by atoms with Gasteiger partial charge in [-0.3, -0.25) is 4.79 Å². The molecule has 2 aliphatic rings. The lowest BCUT2D eigenvalue weighted by Gasteiger charge is -2.37. The molecule has 0 radical (unpaired) electrons. The Hall–Kier alpha value is -1.37. The molecular formula is C18H23BrN2O3.